The molecule has 0 unspecified atom stereocenters. The number of nitrogens with one attached hydrogen (secondary N) is 1. The number of benzene rings is 2. The Balaban J connectivity index is 1.97. The Morgan fingerprint density at radius 3 is 2.50 bits per heavy atom. The highest BCUT2D eigenvalue weighted by molar-refractivity contribution is 8.00. The number of anilines is 1. The predicted octanol–water partition coefficient (Wildman–Crippen LogP) is 5.16. The average molecular weight is 313 g/mol. The maximum absolute atomic E-state index is 12.2. The molecule has 0 aromatic heterocycles. The molecule has 0 aliphatic carbocycles. The van der Waals surface area contributed by atoms with E-state index in [1.54, 1.807) is 11.8 Å². The van der Waals surface area contributed by atoms with E-state index in [0.717, 1.165) is 10.6 Å². The first kappa shape index (κ1) is 16.6. The average Bonchev–Trinajstić information content (AvgIpc) is 2.49. The third kappa shape index (κ3) is 4.38. The normalized spacial score (nSPS) is 10.8. The van der Waals surface area contributed by atoms with Gasteiger partial charge in [0.15, 0.2) is 0 Å². The Bertz CT molecular complexity index is 664. The summed E-state index contributed by atoms with van der Waals surface area (Å²) < 4.78 is 0. The fourth-order valence-corrected chi connectivity index (χ4v) is 3.05. The molecule has 0 radical (unpaired) electrons. The van der Waals surface area contributed by atoms with Crippen molar-refractivity contribution in [1.82, 2.24) is 0 Å². The van der Waals surface area contributed by atoms with Gasteiger partial charge in [-0.2, -0.15) is 0 Å². The number of para-hydroxylation sites is 1. The fourth-order valence-electron chi connectivity index (χ4n) is 2.25. The number of carbonyl (C=O) groups excluding carboxylic acids is 1. The Morgan fingerprint density at radius 1 is 1.09 bits per heavy atom. The lowest BCUT2D eigenvalue weighted by Gasteiger charge is -2.13. The Kier molecular flexibility index (Phi) is 5.67. The number of amides is 1. The summed E-state index contributed by atoms with van der Waals surface area (Å²) in [5, 5.41) is 3.03. The van der Waals surface area contributed by atoms with Crippen molar-refractivity contribution in [3.63, 3.8) is 0 Å². The van der Waals surface area contributed by atoms with Crippen LogP contribution in [0.1, 0.15) is 36.5 Å². The van der Waals surface area contributed by atoms with Gasteiger partial charge in [0, 0.05) is 10.6 Å². The molecule has 0 heterocycles. The largest absolute Gasteiger partial charge is 0.325 e. The van der Waals surface area contributed by atoms with Crippen molar-refractivity contribution in [1.29, 1.82) is 0 Å². The van der Waals surface area contributed by atoms with Crippen LogP contribution in [0.2, 0.25) is 0 Å². The van der Waals surface area contributed by atoms with Gasteiger partial charge >= 0.3 is 0 Å². The van der Waals surface area contributed by atoms with E-state index in [1.807, 2.05) is 18.2 Å². The number of thioether (sulfide) groups is 1. The number of carbonyl (C=O) groups is 1. The number of hydrogen-bond acceptors (Lipinski definition) is 2. The molecule has 2 rings (SSSR count). The van der Waals surface area contributed by atoms with Crippen LogP contribution in [-0.4, -0.2) is 11.7 Å². The summed E-state index contributed by atoms with van der Waals surface area (Å²) in [6.07, 6.45) is 0. The van der Waals surface area contributed by atoms with E-state index in [0.29, 0.717) is 11.7 Å². The van der Waals surface area contributed by atoms with Crippen molar-refractivity contribution in [2.24, 2.45) is 0 Å². The van der Waals surface area contributed by atoms with Gasteiger partial charge in [0.2, 0.25) is 5.91 Å². The smallest absolute Gasteiger partial charge is 0.234 e. The van der Waals surface area contributed by atoms with E-state index in [4.69, 9.17) is 0 Å². The zero-order valence-corrected chi connectivity index (χ0v) is 14.5. The highest BCUT2D eigenvalue weighted by Gasteiger charge is 2.09. The van der Waals surface area contributed by atoms with Crippen molar-refractivity contribution in [2.75, 3.05) is 11.1 Å². The van der Waals surface area contributed by atoms with Crippen molar-refractivity contribution in [3.8, 4) is 0 Å². The molecular formula is C19H23NOS. The van der Waals surface area contributed by atoms with E-state index in [2.05, 4.69) is 57.3 Å². The standard InChI is InChI=1S/C19H23NOS/c1-13(2)17-7-5-6-8-18(17)20-19(21)12-22-16-10-9-14(3)15(4)11-16/h5-11,13H,12H2,1-4H3,(H,20,21). The van der Waals surface area contributed by atoms with Crippen LogP contribution in [0.5, 0.6) is 0 Å². The molecule has 0 atom stereocenters. The van der Waals surface area contributed by atoms with Gasteiger partial charge in [-0.15, -0.1) is 11.8 Å². The first-order valence-corrected chi connectivity index (χ1v) is 8.54. The van der Waals surface area contributed by atoms with Gasteiger partial charge in [0.1, 0.15) is 0 Å². The summed E-state index contributed by atoms with van der Waals surface area (Å²) >= 11 is 1.57. The molecule has 0 saturated carbocycles. The molecule has 2 nitrogen and oxygen atoms in total. The van der Waals surface area contributed by atoms with Crippen LogP contribution in [0.15, 0.2) is 47.4 Å². The number of hydrogen-bond donors (Lipinski definition) is 1. The lowest BCUT2D eigenvalue weighted by atomic mass is 10.0. The first-order chi connectivity index (χ1) is 10.5. The second-order valence-electron chi connectivity index (χ2n) is 5.82. The summed E-state index contributed by atoms with van der Waals surface area (Å²) in [6.45, 7) is 8.46. The molecule has 2 aromatic carbocycles. The van der Waals surface area contributed by atoms with Gasteiger partial charge in [0.25, 0.3) is 0 Å². The molecule has 0 bridgehead atoms. The minimum atomic E-state index is 0.0383. The molecule has 1 amide bonds. The van der Waals surface area contributed by atoms with Crippen LogP contribution < -0.4 is 5.32 Å². The number of aryl methyl sites for hydroxylation is 2. The van der Waals surface area contributed by atoms with Crippen molar-refractivity contribution in [3.05, 3.63) is 59.2 Å². The van der Waals surface area contributed by atoms with E-state index in [9.17, 15) is 4.79 Å². The minimum Gasteiger partial charge on any atom is -0.325 e. The SMILES string of the molecule is Cc1ccc(SCC(=O)Nc2ccccc2C(C)C)cc1C. The lowest BCUT2D eigenvalue weighted by Crippen LogP contribution is -2.15. The van der Waals surface area contributed by atoms with Gasteiger partial charge < -0.3 is 5.32 Å². The molecule has 116 valence electrons. The molecule has 1 N–H and O–H groups in total. The van der Waals surface area contributed by atoms with Crippen LogP contribution in [0.3, 0.4) is 0 Å². The van der Waals surface area contributed by atoms with Gasteiger partial charge in [-0.3, -0.25) is 4.79 Å². The lowest BCUT2D eigenvalue weighted by molar-refractivity contribution is -0.113. The molecule has 0 aliphatic heterocycles. The van der Waals surface area contributed by atoms with E-state index in [-0.39, 0.29) is 5.91 Å². The molecule has 0 fully saturated rings. The topological polar surface area (TPSA) is 29.1 Å². The second kappa shape index (κ2) is 7.50. The van der Waals surface area contributed by atoms with Crippen LogP contribution in [0, 0.1) is 13.8 Å². The quantitative estimate of drug-likeness (QED) is 0.773. The fraction of sp³-hybridized carbons (Fsp3) is 0.316. The maximum atomic E-state index is 12.2. The third-order valence-electron chi connectivity index (χ3n) is 3.71. The van der Waals surface area contributed by atoms with Crippen molar-refractivity contribution >= 4 is 23.4 Å². The molecular weight excluding hydrogens is 290 g/mol. The molecule has 0 saturated heterocycles. The monoisotopic (exact) mass is 313 g/mol. The van der Waals surface area contributed by atoms with Crippen LogP contribution in [0.4, 0.5) is 5.69 Å². The summed E-state index contributed by atoms with van der Waals surface area (Å²) in [4.78, 5) is 13.3. The molecule has 3 heteroatoms. The first-order valence-electron chi connectivity index (χ1n) is 7.56. The summed E-state index contributed by atoms with van der Waals surface area (Å²) in [5.41, 5.74) is 4.63. The van der Waals surface area contributed by atoms with Gasteiger partial charge in [-0.25, -0.2) is 0 Å². The Labute approximate surface area is 137 Å². The zero-order chi connectivity index (χ0) is 16.1. The third-order valence-corrected chi connectivity index (χ3v) is 4.70. The molecule has 2 aromatic rings. The molecule has 22 heavy (non-hydrogen) atoms. The minimum absolute atomic E-state index is 0.0383. The van der Waals surface area contributed by atoms with Crippen LogP contribution in [0.25, 0.3) is 0 Å². The summed E-state index contributed by atoms with van der Waals surface area (Å²) in [5.74, 6) is 0.856. The van der Waals surface area contributed by atoms with Crippen molar-refractivity contribution in [2.45, 2.75) is 38.5 Å². The summed E-state index contributed by atoms with van der Waals surface area (Å²) in [6, 6.07) is 14.3. The van der Waals surface area contributed by atoms with Crippen molar-refractivity contribution < 1.29 is 4.79 Å². The maximum Gasteiger partial charge on any atom is 0.234 e. The Hall–Kier alpha value is -1.74. The zero-order valence-electron chi connectivity index (χ0n) is 13.6. The predicted molar refractivity (Wildman–Crippen MR) is 95.8 cm³/mol. The van der Waals surface area contributed by atoms with Crippen LogP contribution in [-0.2, 0) is 4.79 Å². The van der Waals surface area contributed by atoms with Gasteiger partial charge in [-0.05, 0) is 54.7 Å². The highest BCUT2D eigenvalue weighted by Crippen LogP contribution is 2.25. The highest BCUT2D eigenvalue weighted by atomic mass is 32.2. The van der Waals surface area contributed by atoms with Crippen LogP contribution >= 0.6 is 11.8 Å². The second-order valence-corrected chi connectivity index (χ2v) is 6.87. The molecule has 0 spiro atoms. The van der Waals surface area contributed by atoms with E-state index >= 15 is 0 Å². The summed E-state index contributed by atoms with van der Waals surface area (Å²) in [7, 11) is 0. The van der Waals surface area contributed by atoms with E-state index in [1.165, 1.54) is 16.7 Å². The van der Waals surface area contributed by atoms with E-state index < -0.39 is 0 Å². The molecule has 0 aliphatic rings. The Morgan fingerprint density at radius 2 is 1.82 bits per heavy atom. The van der Waals surface area contributed by atoms with Gasteiger partial charge in [0.05, 0.1) is 5.75 Å². The number of rotatable bonds is 5. The van der Waals surface area contributed by atoms with Gasteiger partial charge in [-0.1, -0.05) is 38.1 Å².